The van der Waals surface area contributed by atoms with Crippen LogP contribution in [0, 0.1) is 0 Å². The Hall–Kier alpha value is -2.42. The first-order valence-corrected chi connectivity index (χ1v) is 6.93. The second kappa shape index (κ2) is 5.70. The van der Waals surface area contributed by atoms with Crippen LogP contribution in [-0.4, -0.2) is 18.6 Å². The summed E-state index contributed by atoms with van der Waals surface area (Å²) in [5.41, 5.74) is 4.86. The summed E-state index contributed by atoms with van der Waals surface area (Å²) in [5.74, 6) is 0. The Morgan fingerprint density at radius 3 is 2.50 bits per heavy atom. The highest BCUT2D eigenvalue weighted by molar-refractivity contribution is 5.83. The van der Waals surface area contributed by atoms with E-state index in [1.165, 1.54) is 16.5 Å². The fourth-order valence-electron chi connectivity index (χ4n) is 2.43. The Morgan fingerprint density at radius 2 is 1.70 bits per heavy atom. The molecule has 0 radical (unpaired) electrons. The molecule has 0 aliphatic carbocycles. The van der Waals surface area contributed by atoms with E-state index in [-0.39, 0.29) is 0 Å². The molecule has 1 aromatic heterocycles. The fourth-order valence-corrected chi connectivity index (χ4v) is 2.43. The van der Waals surface area contributed by atoms with Crippen LogP contribution in [0.3, 0.4) is 0 Å². The van der Waals surface area contributed by atoms with Crippen LogP contribution in [0.2, 0.25) is 0 Å². The average molecular weight is 265 g/mol. The summed E-state index contributed by atoms with van der Waals surface area (Å²) in [7, 11) is 1.93. The molecule has 102 valence electrons. The minimum atomic E-state index is 0.931. The quantitative estimate of drug-likeness (QED) is 0.655. The van der Waals surface area contributed by atoms with E-state index in [0.717, 1.165) is 24.3 Å². The van der Waals surface area contributed by atoms with Gasteiger partial charge >= 0.3 is 0 Å². The van der Waals surface area contributed by atoms with Crippen LogP contribution in [0.15, 0.2) is 54.7 Å². The minimum absolute atomic E-state index is 0.931. The van der Waals surface area contributed by atoms with Crippen molar-refractivity contribution in [2.24, 2.45) is 0 Å². The van der Waals surface area contributed by atoms with E-state index in [1.54, 1.807) is 0 Å². The lowest BCUT2D eigenvalue weighted by atomic mass is 10.1. The largest absolute Gasteiger partial charge is 0.388 e. The number of hydrogen-bond acceptors (Lipinski definition) is 2. The number of fused-ring (bicyclic) bond motifs is 1. The molecule has 0 bridgehead atoms. The summed E-state index contributed by atoms with van der Waals surface area (Å²) < 4.78 is 0. The smallest absolute Gasteiger partial charge is 0.0456 e. The van der Waals surface area contributed by atoms with Crippen molar-refractivity contribution >= 4 is 22.3 Å². The molecule has 0 unspecified atom stereocenters. The molecule has 0 aliphatic heterocycles. The highest BCUT2D eigenvalue weighted by Crippen LogP contribution is 2.18. The van der Waals surface area contributed by atoms with Gasteiger partial charge in [-0.15, -0.1) is 0 Å². The molecule has 0 saturated heterocycles. The van der Waals surface area contributed by atoms with E-state index in [2.05, 4.69) is 70.3 Å². The number of rotatable bonds is 5. The number of hydrogen-bond donors (Lipinski definition) is 3. The first-order chi connectivity index (χ1) is 9.86. The van der Waals surface area contributed by atoms with E-state index in [1.807, 2.05) is 7.05 Å². The van der Waals surface area contributed by atoms with Crippen LogP contribution in [0.5, 0.6) is 0 Å². The predicted octanol–water partition coefficient (Wildman–Crippen LogP) is 3.86. The first kappa shape index (κ1) is 12.6. The maximum atomic E-state index is 3.46. The summed E-state index contributed by atoms with van der Waals surface area (Å²) in [5, 5.41) is 7.90. The van der Waals surface area contributed by atoms with Gasteiger partial charge in [0.2, 0.25) is 0 Å². The van der Waals surface area contributed by atoms with Crippen LogP contribution < -0.4 is 10.6 Å². The molecule has 2 aromatic carbocycles. The first-order valence-electron chi connectivity index (χ1n) is 6.93. The third-order valence-corrected chi connectivity index (χ3v) is 3.57. The Bertz CT molecular complexity index is 683. The van der Waals surface area contributed by atoms with Gasteiger partial charge in [-0.25, -0.2) is 0 Å². The number of benzene rings is 2. The summed E-state index contributed by atoms with van der Waals surface area (Å²) in [6.07, 6.45) is 3.12. The van der Waals surface area contributed by atoms with Crippen LogP contribution in [0.25, 0.3) is 10.9 Å². The highest BCUT2D eigenvalue weighted by atomic mass is 14.9. The lowest BCUT2D eigenvalue weighted by Crippen LogP contribution is -2.04. The predicted molar refractivity (Wildman–Crippen MR) is 86.5 cm³/mol. The highest BCUT2D eigenvalue weighted by Gasteiger charge is 2.02. The normalized spacial score (nSPS) is 10.7. The zero-order chi connectivity index (χ0) is 13.8. The van der Waals surface area contributed by atoms with Crippen LogP contribution in [0.1, 0.15) is 5.56 Å². The molecule has 3 aromatic rings. The molecule has 3 nitrogen and oxygen atoms in total. The van der Waals surface area contributed by atoms with Crippen molar-refractivity contribution in [2.75, 3.05) is 24.2 Å². The molecular formula is C17H19N3. The minimum Gasteiger partial charge on any atom is -0.388 e. The number of anilines is 2. The lowest BCUT2D eigenvalue weighted by Gasteiger charge is -2.07. The molecule has 3 rings (SSSR count). The maximum absolute atomic E-state index is 3.46. The van der Waals surface area contributed by atoms with E-state index in [4.69, 9.17) is 0 Å². The van der Waals surface area contributed by atoms with Gasteiger partial charge in [0.05, 0.1) is 0 Å². The summed E-state index contributed by atoms with van der Waals surface area (Å²) in [6, 6.07) is 16.8. The van der Waals surface area contributed by atoms with Gasteiger partial charge in [-0.2, -0.15) is 0 Å². The summed E-state index contributed by atoms with van der Waals surface area (Å²) >= 11 is 0. The average Bonchev–Trinajstić information content (AvgIpc) is 2.92. The zero-order valence-corrected chi connectivity index (χ0v) is 11.6. The molecule has 1 heterocycles. The number of H-pyrrole nitrogens is 1. The molecule has 3 N–H and O–H groups in total. The molecule has 0 amide bonds. The summed E-state index contributed by atoms with van der Waals surface area (Å²) in [4.78, 5) is 3.32. The van der Waals surface area contributed by atoms with Crippen molar-refractivity contribution in [3.05, 3.63) is 60.3 Å². The van der Waals surface area contributed by atoms with E-state index >= 15 is 0 Å². The monoisotopic (exact) mass is 265 g/mol. The molecule has 0 atom stereocenters. The molecule has 3 heteroatoms. The van der Waals surface area contributed by atoms with E-state index in [0.29, 0.717) is 0 Å². The number of para-hydroxylation sites is 1. The van der Waals surface area contributed by atoms with E-state index in [9.17, 15) is 0 Å². The Balaban J connectivity index is 1.62. The van der Waals surface area contributed by atoms with Gasteiger partial charge in [-0.1, -0.05) is 18.2 Å². The van der Waals surface area contributed by atoms with Crippen molar-refractivity contribution in [1.82, 2.24) is 4.98 Å². The van der Waals surface area contributed by atoms with Crippen molar-refractivity contribution in [1.29, 1.82) is 0 Å². The number of aromatic amines is 1. The summed E-state index contributed by atoms with van der Waals surface area (Å²) in [6.45, 7) is 0.931. The Morgan fingerprint density at radius 1 is 0.950 bits per heavy atom. The number of nitrogens with one attached hydrogen (secondary N) is 3. The van der Waals surface area contributed by atoms with Gasteiger partial charge in [0.25, 0.3) is 0 Å². The van der Waals surface area contributed by atoms with Gasteiger partial charge in [-0.3, -0.25) is 0 Å². The SMILES string of the molecule is CNc1ccc(NCCc2c[nH]c3ccccc23)cc1. The molecule has 20 heavy (non-hydrogen) atoms. The third-order valence-electron chi connectivity index (χ3n) is 3.57. The van der Waals surface area contributed by atoms with Crippen molar-refractivity contribution in [2.45, 2.75) is 6.42 Å². The number of aromatic nitrogens is 1. The standard InChI is InChI=1S/C17H19N3/c1-18-14-6-8-15(9-7-14)19-11-10-13-12-20-17-5-3-2-4-16(13)17/h2-9,12,18-20H,10-11H2,1H3. The van der Waals surface area contributed by atoms with Gasteiger partial charge in [0.15, 0.2) is 0 Å². The van der Waals surface area contributed by atoms with E-state index < -0.39 is 0 Å². The molecular weight excluding hydrogens is 246 g/mol. The molecule has 0 spiro atoms. The van der Waals surface area contributed by atoms with Crippen LogP contribution in [-0.2, 0) is 6.42 Å². The van der Waals surface area contributed by atoms with Gasteiger partial charge in [-0.05, 0) is 42.3 Å². The topological polar surface area (TPSA) is 39.8 Å². The second-order valence-corrected chi connectivity index (χ2v) is 4.86. The molecule has 0 fully saturated rings. The third kappa shape index (κ3) is 2.62. The zero-order valence-electron chi connectivity index (χ0n) is 11.6. The molecule has 0 saturated carbocycles. The lowest BCUT2D eigenvalue weighted by molar-refractivity contribution is 1.03. The Kier molecular flexibility index (Phi) is 3.59. The molecule has 0 aliphatic rings. The van der Waals surface area contributed by atoms with Gasteiger partial charge < -0.3 is 15.6 Å². The second-order valence-electron chi connectivity index (χ2n) is 4.86. The van der Waals surface area contributed by atoms with Crippen LogP contribution in [0.4, 0.5) is 11.4 Å². The van der Waals surface area contributed by atoms with Crippen molar-refractivity contribution in [3.8, 4) is 0 Å². The fraction of sp³-hybridized carbons (Fsp3) is 0.176. The maximum Gasteiger partial charge on any atom is 0.0456 e. The van der Waals surface area contributed by atoms with Crippen LogP contribution >= 0.6 is 0 Å². The van der Waals surface area contributed by atoms with Crippen molar-refractivity contribution < 1.29 is 0 Å². The van der Waals surface area contributed by atoms with Gasteiger partial charge in [0, 0.05) is 42.1 Å². The Labute approximate surface area is 119 Å². The van der Waals surface area contributed by atoms with Gasteiger partial charge in [0.1, 0.15) is 0 Å². The van der Waals surface area contributed by atoms with Crippen molar-refractivity contribution in [3.63, 3.8) is 0 Å².